The van der Waals surface area contributed by atoms with Crippen LogP contribution in [0.15, 0.2) is 44.7 Å². The molecule has 2 aromatic carbocycles. The number of phenolic OH excluding ortho intramolecular Hbond substituents is 1. The van der Waals surface area contributed by atoms with Crippen molar-refractivity contribution in [2.45, 2.75) is 0 Å². The van der Waals surface area contributed by atoms with E-state index in [1.54, 1.807) is 36.4 Å². The standard InChI is InChI=1S/C17H11BrClIN2O3S/c1-25-13-3-2-10(19)7-12(13)21-17-22-16(24)14(26-17)5-8-4-9(18)6-11(20)15(8)23/h2-7,23H,1H3,(H,21,22,24)/b14-5-. The zero-order valence-electron chi connectivity index (χ0n) is 13.2. The van der Waals surface area contributed by atoms with Crippen LogP contribution in [0.2, 0.25) is 5.02 Å². The highest BCUT2D eigenvalue weighted by Crippen LogP contribution is 2.36. The van der Waals surface area contributed by atoms with E-state index in [-0.39, 0.29) is 11.7 Å². The molecule has 0 aliphatic carbocycles. The van der Waals surface area contributed by atoms with Crippen LogP contribution < -0.4 is 10.1 Å². The largest absolute Gasteiger partial charge is 0.506 e. The lowest BCUT2D eigenvalue weighted by Crippen LogP contribution is -2.19. The second kappa shape index (κ2) is 8.20. The highest BCUT2D eigenvalue weighted by molar-refractivity contribution is 14.1. The summed E-state index contributed by atoms with van der Waals surface area (Å²) >= 11 is 12.6. The molecule has 1 aliphatic rings. The van der Waals surface area contributed by atoms with E-state index < -0.39 is 0 Å². The van der Waals surface area contributed by atoms with Crippen molar-refractivity contribution in [3.05, 3.63) is 53.9 Å². The number of rotatable bonds is 3. The van der Waals surface area contributed by atoms with Crippen LogP contribution in [0.4, 0.5) is 5.69 Å². The molecular weight excluding hydrogens is 555 g/mol. The minimum Gasteiger partial charge on any atom is -0.506 e. The number of carbonyl (C=O) groups is 1. The maximum Gasteiger partial charge on any atom is 0.264 e. The topological polar surface area (TPSA) is 70.9 Å². The van der Waals surface area contributed by atoms with Gasteiger partial charge < -0.3 is 15.2 Å². The smallest absolute Gasteiger partial charge is 0.264 e. The summed E-state index contributed by atoms with van der Waals surface area (Å²) in [5.41, 5.74) is 1.06. The maximum absolute atomic E-state index is 12.2. The van der Waals surface area contributed by atoms with E-state index in [9.17, 15) is 9.90 Å². The monoisotopic (exact) mass is 564 g/mol. The quantitative estimate of drug-likeness (QED) is 0.391. The van der Waals surface area contributed by atoms with Crippen molar-refractivity contribution >= 4 is 84.7 Å². The van der Waals surface area contributed by atoms with Gasteiger partial charge in [0.15, 0.2) is 5.17 Å². The summed E-state index contributed by atoms with van der Waals surface area (Å²) < 4.78 is 6.76. The van der Waals surface area contributed by atoms with Crippen molar-refractivity contribution in [2.24, 2.45) is 4.99 Å². The van der Waals surface area contributed by atoms with Gasteiger partial charge >= 0.3 is 0 Å². The molecule has 0 atom stereocenters. The van der Waals surface area contributed by atoms with Gasteiger partial charge in [0.05, 0.1) is 15.6 Å². The summed E-state index contributed by atoms with van der Waals surface area (Å²) in [6.07, 6.45) is 1.62. The van der Waals surface area contributed by atoms with Crippen LogP contribution in [-0.4, -0.2) is 23.3 Å². The van der Waals surface area contributed by atoms with E-state index >= 15 is 0 Å². The number of aliphatic imine (C=N–C) groups is 1. The molecule has 1 saturated heterocycles. The Morgan fingerprint density at radius 3 is 2.88 bits per heavy atom. The third kappa shape index (κ3) is 4.36. The van der Waals surface area contributed by atoms with Gasteiger partial charge in [-0.25, -0.2) is 4.99 Å². The molecular formula is C17H11BrClIN2O3S. The van der Waals surface area contributed by atoms with Crippen molar-refractivity contribution in [2.75, 3.05) is 7.11 Å². The van der Waals surface area contributed by atoms with Crippen molar-refractivity contribution in [1.29, 1.82) is 0 Å². The van der Waals surface area contributed by atoms with Crippen molar-refractivity contribution in [3.8, 4) is 11.5 Å². The average Bonchev–Trinajstić information content (AvgIpc) is 2.91. The van der Waals surface area contributed by atoms with Crippen LogP contribution in [0.25, 0.3) is 6.08 Å². The number of nitrogens with one attached hydrogen (secondary N) is 1. The van der Waals surface area contributed by atoms with Gasteiger partial charge in [-0.15, -0.1) is 0 Å². The second-order valence-electron chi connectivity index (χ2n) is 5.12. The lowest BCUT2D eigenvalue weighted by atomic mass is 10.2. The first-order chi connectivity index (χ1) is 12.4. The number of hydrogen-bond acceptors (Lipinski definition) is 5. The normalized spacial score (nSPS) is 17.0. The zero-order chi connectivity index (χ0) is 18.8. The molecule has 1 aliphatic heterocycles. The first-order valence-electron chi connectivity index (χ1n) is 7.18. The Labute approximate surface area is 181 Å². The molecule has 1 amide bonds. The second-order valence-corrected chi connectivity index (χ2v) is 8.67. The van der Waals surface area contributed by atoms with Gasteiger partial charge in [0, 0.05) is 15.1 Å². The van der Waals surface area contributed by atoms with E-state index in [2.05, 4.69) is 26.2 Å². The molecule has 0 saturated carbocycles. The van der Waals surface area contributed by atoms with E-state index in [4.69, 9.17) is 16.3 Å². The van der Waals surface area contributed by atoms with Gasteiger partial charge in [0.2, 0.25) is 0 Å². The lowest BCUT2D eigenvalue weighted by molar-refractivity contribution is -0.115. The number of ether oxygens (including phenoxy) is 1. The van der Waals surface area contributed by atoms with Gasteiger partial charge in [-0.2, -0.15) is 0 Å². The summed E-state index contributed by atoms with van der Waals surface area (Å²) in [4.78, 5) is 17.1. The SMILES string of the molecule is COc1ccc(Cl)cc1N=C1NC(=O)/C(=C/c2cc(Br)cc(I)c2O)S1. The number of aromatic hydroxyl groups is 1. The van der Waals surface area contributed by atoms with Gasteiger partial charge in [-0.1, -0.05) is 27.5 Å². The molecule has 0 unspecified atom stereocenters. The molecule has 9 heteroatoms. The summed E-state index contributed by atoms with van der Waals surface area (Å²) in [5.74, 6) is 0.383. The van der Waals surface area contributed by atoms with Gasteiger partial charge in [-0.3, -0.25) is 4.79 Å². The fourth-order valence-electron chi connectivity index (χ4n) is 2.18. The number of thioether (sulfide) groups is 1. The van der Waals surface area contributed by atoms with Gasteiger partial charge in [-0.05, 0) is 70.8 Å². The van der Waals surface area contributed by atoms with Crippen molar-refractivity contribution in [3.63, 3.8) is 0 Å². The van der Waals surface area contributed by atoms with Crippen LogP contribution >= 0.6 is 61.9 Å². The molecule has 26 heavy (non-hydrogen) atoms. The number of carbonyl (C=O) groups excluding carboxylic acids is 1. The Morgan fingerprint density at radius 1 is 1.38 bits per heavy atom. The Morgan fingerprint density at radius 2 is 2.15 bits per heavy atom. The highest BCUT2D eigenvalue weighted by Gasteiger charge is 2.25. The molecule has 1 fully saturated rings. The van der Waals surface area contributed by atoms with Crippen LogP contribution in [0.1, 0.15) is 5.56 Å². The molecule has 0 aromatic heterocycles. The molecule has 0 bridgehead atoms. The molecule has 0 spiro atoms. The first kappa shape index (κ1) is 19.5. The van der Waals surface area contributed by atoms with Crippen LogP contribution in [0, 0.1) is 3.57 Å². The summed E-state index contributed by atoms with van der Waals surface area (Å²) in [7, 11) is 1.54. The van der Waals surface area contributed by atoms with Crippen LogP contribution in [0.3, 0.4) is 0 Å². The Balaban J connectivity index is 1.94. The molecule has 0 radical (unpaired) electrons. The summed E-state index contributed by atoms with van der Waals surface area (Å²) in [5, 5.41) is 13.8. The summed E-state index contributed by atoms with van der Waals surface area (Å²) in [6.45, 7) is 0. The molecule has 2 aromatic rings. The number of halogens is 3. The van der Waals surface area contributed by atoms with E-state index in [1.807, 2.05) is 22.6 Å². The number of amides is 1. The van der Waals surface area contributed by atoms with Crippen LogP contribution in [0.5, 0.6) is 11.5 Å². The first-order valence-corrected chi connectivity index (χ1v) is 10.2. The fourth-order valence-corrected chi connectivity index (χ4v) is 4.72. The number of nitrogens with zero attached hydrogens (tertiary/aromatic N) is 1. The number of phenols is 1. The van der Waals surface area contributed by atoms with Gasteiger partial charge in [0.1, 0.15) is 17.2 Å². The summed E-state index contributed by atoms with van der Waals surface area (Å²) in [6, 6.07) is 8.60. The van der Waals surface area contributed by atoms with E-state index in [1.165, 1.54) is 18.9 Å². The molecule has 1 heterocycles. The third-order valence-corrected chi connectivity index (χ3v) is 5.78. The minimum absolute atomic E-state index is 0.122. The van der Waals surface area contributed by atoms with Gasteiger partial charge in [0.25, 0.3) is 5.91 Å². The van der Waals surface area contributed by atoms with E-state index in [0.29, 0.717) is 35.7 Å². The zero-order valence-corrected chi connectivity index (χ0v) is 18.5. The van der Waals surface area contributed by atoms with Crippen LogP contribution in [-0.2, 0) is 4.79 Å². The highest BCUT2D eigenvalue weighted by atomic mass is 127. The Kier molecular flexibility index (Phi) is 6.16. The van der Waals surface area contributed by atoms with E-state index in [0.717, 1.165) is 4.47 Å². The Bertz CT molecular complexity index is 965. The third-order valence-electron chi connectivity index (χ3n) is 3.36. The number of methoxy groups -OCH3 is 1. The maximum atomic E-state index is 12.2. The lowest BCUT2D eigenvalue weighted by Gasteiger charge is -2.05. The fraction of sp³-hybridized carbons (Fsp3) is 0.0588. The van der Waals surface area contributed by atoms with Crippen molar-refractivity contribution in [1.82, 2.24) is 5.32 Å². The number of hydrogen-bond donors (Lipinski definition) is 2. The minimum atomic E-state index is -0.288. The average molecular weight is 566 g/mol. The molecule has 3 rings (SSSR count). The predicted octanol–water partition coefficient (Wildman–Crippen LogP) is 5.31. The number of benzene rings is 2. The van der Waals surface area contributed by atoms with Crippen molar-refractivity contribution < 1.29 is 14.6 Å². The molecule has 5 nitrogen and oxygen atoms in total. The predicted molar refractivity (Wildman–Crippen MR) is 117 cm³/mol. The molecule has 2 N–H and O–H groups in total. The number of amidine groups is 1. The Hall–Kier alpha value is -1.23. The molecule has 134 valence electrons.